The zero-order valence-electron chi connectivity index (χ0n) is 10.4. The van der Waals surface area contributed by atoms with Crippen LogP contribution in [-0.4, -0.2) is 17.0 Å². The molecule has 0 saturated heterocycles. The second-order valence-corrected chi connectivity index (χ2v) is 4.23. The first-order chi connectivity index (χ1) is 9.25. The highest BCUT2D eigenvalue weighted by molar-refractivity contribution is 5.91. The fraction of sp³-hybridized carbons (Fsp3) is 0.0667. The molecule has 0 radical (unpaired) electrons. The first-order valence-corrected chi connectivity index (χ1v) is 5.97. The molecule has 19 heavy (non-hydrogen) atoms. The molecule has 0 bridgehead atoms. The van der Waals surface area contributed by atoms with Crippen molar-refractivity contribution < 1.29 is 4.39 Å². The maximum atomic E-state index is 13.5. The number of fused-ring (bicyclic) bond motifs is 1. The van der Waals surface area contributed by atoms with Gasteiger partial charge in [-0.15, -0.1) is 0 Å². The van der Waals surface area contributed by atoms with Crippen LogP contribution in [0.2, 0.25) is 0 Å². The SMILES string of the molecule is CN(c1ccccc1)c1nc([18F])nc2ccccc12. The van der Waals surface area contributed by atoms with Crippen LogP contribution >= 0.6 is 0 Å². The number of rotatable bonds is 2. The van der Waals surface area contributed by atoms with Gasteiger partial charge in [-0.05, 0) is 24.3 Å². The topological polar surface area (TPSA) is 29.0 Å². The molecule has 0 aliphatic rings. The van der Waals surface area contributed by atoms with Crippen molar-refractivity contribution in [3.63, 3.8) is 0 Å². The van der Waals surface area contributed by atoms with Gasteiger partial charge in [0.15, 0.2) is 0 Å². The average molecular weight is 252 g/mol. The second kappa shape index (κ2) is 4.65. The molecule has 0 saturated carbocycles. The summed E-state index contributed by atoms with van der Waals surface area (Å²) in [5.74, 6) is 0.564. The van der Waals surface area contributed by atoms with Crippen LogP contribution in [0.5, 0.6) is 0 Å². The number of anilines is 2. The number of benzene rings is 2. The van der Waals surface area contributed by atoms with E-state index in [1.807, 2.05) is 60.5 Å². The van der Waals surface area contributed by atoms with E-state index < -0.39 is 6.08 Å². The Hall–Kier alpha value is -2.49. The van der Waals surface area contributed by atoms with E-state index in [0.717, 1.165) is 11.1 Å². The van der Waals surface area contributed by atoms with Crippen LogP contribution in [0, 0.1) is 6.08 Å². The Labute approximate surface area is 110 Å². The van der Waals surface area contributed by atoms with Gasteiger partial charge in [-0.1, -0.05) is 30.3 Å². The molecule has 3 aromatic rings. The van der Waals surface area contributed by atoms with Gasteiger partial charge in [-0.3, -0.25) is 0 Å². The van der Waals surface area contributed by atoms with Crippen LogP contribution in [0.1, 0.15) is 0 Å². The van der Waals surface area contributed by atoms with Crippen LogP contribution in [0.3, 0.4) is 0 Å². The molecule has 4 heteroatoms. The van der Waals surface area contributed by atoms with E-state index in [2.05, 4.69) is 9.97 Å². The van der Waals surface area contributed by atoms with Crippen molar-refractivity contribution in [2.24, 2.45) is 0 Å². The highest BCUT2D eigenvalue weighted by atomic mass is 18.2. The largest absolute Gasteiger partial charge is 0.329 e. The van der Waals surface area contributed by atoms with Crippen LogP contribution < -0.4 is 4.90 Å². The van der Waals surface area contributed by atoms with E-state index in [0.29, 0.717) is 11.3 Å². The molecular formula is C15H12FN3. The number of hydrogen-bond acceptors (Lipinski definition) is 3. The van der Waals surface area contributed by atoms with Crippen molar-refractivity contribution in [3.8, 4) is 0 Å². The second-order valence-electron chi connectivity index (χ2n) is 4.23. The fourth-order valence-corrected chi connectivity index (χ4v) is 2.06. The summed E-state index contributed by atoms with van der Waals surface area (Å²) in [7, 11) is 1.86. The quantitative estimate of drug-likeness (QED) is 0.653. The van der Waals surface area contributed by atoms with Gasteiger partial charge in [-0.25, -0.2) is 4.98 Å². The highest BCUT2D eigenvalue weighted by Crippen LogP contribution is 2.28. The zero-order chi connectivity index (χ0) is 13.2. The van der Waals surface area contributed by atoms with E-state index in [1.165, 1.54) is 0 Å². The third-order valence-corrected chi connectivity index (χ3v) is 3.02. The maximum absolute atomic E-state index is 13.5. The van der Waals surface area contributed by atoms with Gasteiger partial charge in [0, 0.05) is 18.1 Å². The number of aromatic nitrogens is 2. The van der Waals surface area contributed by atoms with E-state index in [4.69, 9.17) is 0 Å². The van der Waals surface area contributed by atoms with E-state index >= 15 is 0 Å². The predicted octanol–water partition coefficient (Wildman–Crippen LogP) is 3.54. The van der Waals surface area contributed by atoms with Gasteiger partial charge in [0.25, 0.3) is 0 Å². The van der Waals surface area contributed by atoms with Crippen molar-refractivity contribution in [1.82, 2.24) is 9.97 Å². The number of para-hydroxylation sites is 2. The minimum atomic E-state index is -0.712. The Kier molecular flexibility index (Phi) is 2.83. The van der Waals surface area contributed by atoms with Crippen LogP contribution in [-0.2, 0) is 0 Å². The molecule has 0 spiro atoms. The monoisotopic (exact) mass is 252 g/mol. The van der Waals surface area contributed by atoms with Crippen molar-refractivity contribution in [3.05, 3.63) is 60.7 Å². The summed E-state index contributed by atoms with van der Waals surface area (Å²) in [6.45, 7) is 0. The summed E-state index contributed by atoms with van der Waals surface area (Å²) < 4.78 is 13.5. The van der Waals surface area contributed by atoms with Gasteiger partial charge in [0.05, 0.1) is 5.52 Å². The Morgan fingerprint density at radius 2 is 1.58 bits per heavy atom. The average Bonchev–Trinajstić information content (AvgIpc) is 2.46. The molecule has 0 aliphatic heterocycles. The number of halogens is 1. The first kappa shape index (κ1) is 11.6. The Bertz CT molecular complexity index is 713. The normalized spacial score (nSPS) is 10.6. The maximum Gasteiger partial charge on any atom is 0.311 e. The van der Waals surface area contributed by atoms with Crippen molar-refractivity contribution in [2.45, 2.75) is 0 Å². The van der Waals surface area contributed by atoms with Gasteiger partial charge >= 0.3 is 6.08 Å². The number of nitrogens with zero attached hydrogens (tertiary/aromatic N) is 3. The summed E-state index contributed by atoms with van der Waals surface area (Å²) in [5, 5.41) is 0.829. The molecule has 94 valence electrons. The van der Waals surface area contributed by atoms with Crippen molar-refractivity contribution in [2.75, 3.05) is 11.9 Å². The summed E-state index contributed by atoms with van der Waals surface area (Å²) >= 11 is 0. The lowest BCUT2D eigenvalue weighted by Crippen LogP contribution is -2.13. The Morgan fingerprint density at radius 1 is 0.895 bits per heavy atom. The molecule has 0 fully saturated rings. The van der Waals surface area contributed by atoms with Gasteiger partial charge in [0.2, 0.25) is 0 Å². The van der Waals surface area contributed by atoms with Crippen molar-refractivity contribution in [1.29, 1.82) is 0 Å². The van der Waals surface area contributed by atoms with Crippen LogP contribution in [0.15, 0.2) is 54.6 Å². The summed E-state index contributed by atoms with van der Waals surface area (Å²) in [6, 6.07) is 17.1. The minimum Gasteiger partial charge on any atom is -0.329 e. The molecule has 1 heterocycles. The number of hydrogen-bond donors (Lipinski definition) is 0. The highest BCUT2D eigenvalue weighted by Gasteiger charge is 2.12. The molecule has 0 atom stereocenters. The first-order valence-electron chi connectivity index (χ1n) is 5.97. The van der Waals surface area contributed by atoms with Crippen LogP contribution in [0.25, 0.3) is 10.9 Å². The van der Waals surface area contributed by atoms with Crippen molar-refractivity contribution >= 4 is 22.4 Å². The molecule has 0 amide bonds. The third kappa shape index (κ3) is 2.12. The summed E-state index contributed by atoms with van der Waals surface area (Å²) in [4.78, 5) is 9.59. The molecule has 1 aromatic heterocycles. The molecular weight excluding hydrogens is 240 g/mol. The van der Waals surface area contributed by atoms with E-state index in [9.17, 15) is 4.39 Å². The third-order valence-electron chi connectivity index (χ3n) is 3.02. The molecule has 0 N–H and O–H groups in total. The van der Waals surface area contributed by atoms with E-state index in [1.54, 1.807) is 6.07 Å². The standard InChI is InChI=1S/C15H12FN3/c1-19(11-7-3-2-4-8-11)14-12-9-5-6-10-13(12)17-15(16)18-14/h2-10H,1H3/i16-1. The molecule has 3 rings (SSSR count). The fourth-order valence-electron chi connectivity index (χ4n) is 2.06. The lowest BCUT2D eigenvalue weighted by molar-refractivity contribution is 0.545. The van der Waals surface area contributed by atoms with E-state index in [-0.39, 0.29) is 0 Å². The zero-order valence-corrected chi connectivity index (χ0v) is 10.4. The van der Waals surface area contributed by atoms with Gasteiger partial charge in [-0.2, -0.15) is 9.37 Å². The summed E-state index contributed by atoms with van der Waals surface area (Å²) in [5.41, 5.74) is 1.55. The Morgan fingerprint density at radius 3 is 2.37 bits per heavy atom. The lowest BCUT2D eigenvalue weighted by Gasteiger charge is -2.19. The predicted molar refractivity (Wildman–Crippen MR) is 74.0 cm³/mol. The lowest BCUT2D eigenvalue weighted by atomic mass is 10.2. The van der Waals surface area contributed by atoms with Crippen LogP contribution in [0.4, 0.5) is 15.9 Å². The van der Waals surface area contributed by atoms with Gasteiger partial charge in [0.1, 0.15) is 5.82 Å². The Balaban J connectivity index is 2.19. The smallest absolute Gasteiger partial charge is 0.311 e. The van der Waals surface area contributed by atoms with Gasteiger partial charge < -0.3 is 4.90 Å². The molecule has 3 nitrogen and oxygen atoms in total. The summed E-state index contributed by atoms with van der Waals surface area (Å²) in [6.07, 6.45) is -0.712. The molecule has 0 aliphatic carbocycles. The molecule has 0 unspecified atom stereocenters. The minimum absolute atomic E-state index is 0.564. The molecule has 2 aromatic carbocycles.